The highest BCUT2D eigenvalue weighted by atomic mass is 32.2. The van der Waals surface area contributed by atoms with Gasteiger partial charge in [0.2, 0.25) is 10.0 Å². The zero-order valence-electron chi connectivity index (χ0n) is 22.2. The molecule has 0 unspecified atom stereocenters. The van der Waals surface area contributed by atoms with E-state index >= 15 is 0 Å². The summed E-state index contributed by atoms with van der Waals surface area (Å²) in [6, 6.07) is 19.9. The Balaban J connectivity index is 1.48. The van der Waals surface area contributed by atoms with Gasteiger partial charge in [0.25, 0.3) is 0 Å². The lowest BCUT2D eigenvalue weighted by Gasteiger charge is -2.32. The Morgan fingerprint density at radius 2 is 1.68 bits per heavy atom. The van der Waals surface area contributed by atoms with Crippen LogP contribution < -0.4 is 19.9 Å². The third-order valence-electron chi connectivity index (χ3n) is 6.58. The van der Waals surface area contributed by atoms with E-state index in [9.17, 15) is 13.2 Å². The predicted molar refractivity (Wildman–Crippen MR) is 152 cm³/mol. The molecule has 0 bridgehead atoms. The van der Waals surface area contributed by atoms with Gasteiger partial charge in [0.1, 0.15) is 29.5 Å². The van der Waals surface area contributed by atoms with E-state index < -0.39 is 22.0 Å². The number of nitrogens with two attached hydrogens (primary N) is 1. The molecule has 0 amide bonds. The zero-order chi connectivity index (χ0) is 28.7. The van der Waals surface area contributed by atoms with Crippen molar-refractivity contribution in [2.24, 2.45) is 5.73 Å². The van der Waals surface area contributed by atoms with Crippen LogP contribution in [0, 0.1) is 10.8 Å². The van der Waals surface area contributed by atoms with Crippen molar-refractivity contribution in [3.63, 3.8) is 0 Å². The molecule has 1 fully saturated rings. The van der Waals surface area contributed by atoms with E-state index in [1.165, 1.54) is 24.3 Å². The summed E-state index contributed by atoms with van der Waals surface area (Å²) in [6.07, 6.45) is 1.72. The number of carbonyl (C=O) groups excluding carboxylic acids is 1. The van der Waals surface area contributed by atoms with Crippen molar-refractivity contribution in [2.45, 2.75) is 43.2 Å². The number of likely N-dealkylation sites (tertiary alicyclic amines) is 1. The summed E-state index contributed by atoms with van der Waals surface area (Å²) in [5.41, 5.74) is 6.62. The molecule has 1 atom stereocenters. The molecule has 0 aliphatic carbocycles. The molecule has 5 N–H and O–H groups in total. The number of hydrogen-bond acceptors (Lipinski definition) is 7. The lowest BCUT2D eigenvalue weighted by Crippen LogP contribution is -2.44. The number of carbonyl (C=O) groups is 1. The van der Waals surface area contributed by atoms with Crippen LogP contribution in [-0.2, 0) is 21.2 Å². The number of nitrogens with one attached hydrogen (secondary N) is 3. The summed E-state index contributed by atoms with van der Waals surface area (Å²) >= 11 is 0. The average Bonchev–Trinajstić information content (AvgIpc) is 2.94. The second-order valence-corrected chi connectivity index (χ2v) is 11.3. The molecule has 10 nitrogen and oxygen atoms in total. The monoisotopic (exact) mass is 563 g/mol. The highest BCUT2D eigenvalue weighted by molar-refractivity contribution is 7.89. The SMILES string of the molecule is CC(=N)N1CCC(Oc2ccc(C[C@H](NS(=O)(=O)c3ccccc3)C(=O)Oc3cccc(C(=N)N)c3)cc2)CC1. The van der Waals surface area contributed by atoms with E-state index in [0.717, 1.165) is 25.9 Å². The van der Waals surface area contributed by atoms with Crippen LogP contribution in [0.4, 0.5) is 0 Å². The molecule has 0 radical (unpaired) electrons. The number of ether oxygens (including phenoxy) is 2. The summed E-state index contributed by atoms with van der Waals surface area (Å²) in [7, 11) is -4.03. The molecule has 40 heavy (non-hydrogen) atoms. The number of nitrogens with zero attached hydrogens (tertiary/aromatic N) is 1. The van der Waals surface area contributed by atoms with Gasteiger partial charge in [-0.15, -0.1) is 0 Å². The first kappa shape index (κ1) is 28.8. The number of nitrogen functional groups attached to an aromatic ring is 1. The molecule has 0 saturated carbocycles. The maximum atomic E-state index is 13.2. The van der Waals surface area contributed by atoms with Crippen molar-refractivity contribution in [3.05, 3.63) is 90.0 Å². The van der Waals surface area contributed by atoms with Gasteiger partial charge in [0.05, 0.1) is 10.7 Å². The molecule has 1 aliphatic rings. The van der Waals surface area contributed by atoms with Crippen LogP contribution in [0.15, 0.2) is 83.8 Å². The minimum atomic E-state index is -4.03. The minimum absolute atomic E-state index is 0.0272. The van der Waals surface area contributed by atoms with Crippen LogP contribution in [0.3, 0.4) is 0 Å². The molecule has 4 rings (SSSR count). The third kappa shape index (κ3) is 7.67. The van der Waals surface area contributed by atoms with Crippen LogP contribution in [-0.4, -0.2) is 56.2 Å². The number of esters is 1. The smallest absolute Gasteiger partial charge is 0.329 e. The third-order valence-corrected chi connectivity index (χ3v) is 8.07. The fourth-order valence-corrected chi connectivity index (χ4v) is 5.59. The van der Waals surface area contributed by atoms with E-state index in [1.54, 1.807) is 61.5 Å². The van der Waals surface area contributed by atoms with E-state index in [0.29, 0.717) is 22.7 Å². The number of rotatable bonds is 10. The highest BCUT2D eigenvalue weighted by Gasteiger charge is 2.28. The Kier molecular flexibility index (Phi) is 9.18. The van der Waals surface area contributed by atoms with Crippen LogP contribution >= 0.6 is 0 Å². The molecular weight excluding hydrogens is 530 g/mol. The molecule has 1 saturated heterocycles. The fraction of sp³-hybridized carbons (Fsp3) is 0.276. The normalized spacial score (nSPS) is 14.8. The number of hydrogen-bond donors (Lipinski definition) is 4. The van der Waals surface area contributed by atoms with Crippen molar-refractivity contribution in [1.29, 1.82) is 10.8 Å². The zero-order valence-corrected chi connectivity index (χ0v) is 23.0. The summed E-state index contributed by atoms with van der Waals surface area (Å²) in [5.74, 6) is 0.407. The molecule has 3 aromatic rings. The summed E-state index contributed by atoms with van der Waals surface area (Å²) in [4.78, 5) is 15.3. The lowest BCUT2D eigenvalue weighted by molar-refractivity contribution is -0.136. The van der Waals surface area contributed by atoms with Gasteiger partial charge in [0.15, 0.2) is 0 Å². The van der Waals surface area contributed by atoms with Crippen molar-refractivity contribution in [3.8, 4) is 11.5 Å². The van der Waals surface area contributed by atoms with Crippen LogP contribution in [0.2, 0.25) is 0 Å². The second kappa shape index (κ2) is 12.8. The molecule has 3 aromatic carbocycles. The summed E-state index contributed by atoms with van der Waals surface area (Å²) < 4.78 is 40.3. The van der Waals surface area contributed by atoms with Gasteiger partial charge in [-0.2, -0.15) is 4.72 Å². The second-order valence-electron chi connectivity index (χ2n) is 9.59. The van der Waals surface area contributed by atoms with Crippen molar-refractivity contribution in [2.75, 3.05) is 13.1 Å². The standard InChI is InChI=1S/C29H33N5O5S/c1-20(30)34-16-14-24(15-17-34)38-23-12-10-21(11-13-23)18-27(33-40(36,37)26-8-3-2-4-9-26)29(35)39-25-7-5-6-22(19-25)28(31)32/h2-13,19,24,27,30,33H,14-18H2,1H3,(H3,31,32)/t27-/m0/s1. The van der Waals surface area contributed by atoms with E-state index in [4.69, 9.17) is 26.0 Å². The van der Waals surface area contributed by atoms with Crippen molar-refractivity contribution < 1.29 is 22.7 Å². The Hall–Kier alpha value is -4.22. The van der Waals surface area contributed by atoms with Gasteiger partial charge in [-0.25, -0.2) is 13.2 Å². The Morgan fingerprint density at radius 3 is 2.30 bits per heavy atom. The largest absolute Gasteiger partial charge is 0.490 e. The Labute approximate surface area is 234 Å². The van der Waals surface area contributed by atoms with Gasteiger partial charge in [-0.3, -0.25) is 10.8 Å². The first-order chi connectivity index (χ1) is 19.1. The summed E-state index contributed by atoms with van der Waals surface area (Å²) in [6.45, 7) is 3.34. The minimum Gasteiger partial charge on any atom is -0.490 e. The molecule has 0 aromatic heterocycles. The topological polar surface area (TPSA) is 159 Å². The van der Waals surface area contributed by atoms with Crippen LogP contribution in [0.5, 0.6) is 11.5 Å². The van der Waals surface area contributed by atoms with Gasteiger partial charge in [-0.1, -0.05) is 42.5 Å². The highest BCUT2D eigenvalue weighted by Crippen LogP contribution is 2.21. The lowest BCUT2D eigenvalue weighted by atomic mass is 10.1. The van der Waals surface area contributed by atoms with E-state index in [2.05, 4.69) is 4.72 Å². The number of amidine groups is 2. The predicted octanol–water partition coefficient (Wildman–Crippen LogP) is 3.31. The molecule has 11 heteroatoms. The Morgan fingerprint density at radius 1 is 1.00 bits per heavy atom. The van der Waals surface area contributed by atoms with Gasteiger partial charge >= 0.3 is 5.97 Å². The fourth-order valence-electron chi connectivity index (χ4n) is 4.38. The first-order valence-corrected chi connectivity index (χ1v) is 14.4. The summed E-state index contributed by atoms with van der Waals surface area (Å²) in [5, 5.41) is 15.4. The molecular formula is C29H33N5O5S. The molecule has 1 heterocycles. The number of benzene rings is 3. The average molecular weight is 564 g/mol. The number of sulfonamides is 1. The van der Waals surface area contributed by atoms with E-state index in [-0.39, 0.29) is 29.0 Å². The van der Waals surface area contributed by atoms with Gasteiger partial charge < -0.3 is 20.1 Å². The molecule has 210 valence electrons. The first-order valence-electron chi connectivity index (χ1n) is 12.9. The molecule has 1 aliphatic heterocycles. The van der Waals surface area contributed by atoms with Crippen molar-refractivity contribution in [1.82, 2.24) is 9.62 Å². The number of piperidine rings is 1. The van der Waals surface area contributed by atoms with E-state index in [1.807, 2.05) is 4.90 Å². The maximum Gasteiger partial charge on any atom is 0.329 e. The maximum absolute atomic E-state index is 13.2. The van der Waals surface area contributed by atoms with Gasteiger partial charge in [-0.05, 0) is 55.3 Å². The molecule has 0 spiro atoms. The van der Waals surface area contributed by atoms with Gasteiger partial charge in [0, 0.05) is 31.5 Å². The quantitative estimate of drug-likeness (QED) is 0.127. The van der Waals surface area contributed by atoms with Crippen molar-refractivity contribution >= 4 is 27.7 Å². The Bertz CT molecular complexity index is 1450. The van der Waals surface area contributed by atoms with Crippen LogP contribution in [0.25, 0.3) is 0 Å². The van der Waals surface area contributed by atoms with Crippen LogP contribution in [0.1, 0.15) is 30.9 Å².